The van der Waals surface area contributed by atoms with E-state index in [9.17, 15) is 4.39 Å². The number of hydrogen-bond donors (Lipinski definition) is 1. The summed E-state index contributed by atoms with van der Waals surface area (Å²) in [6.45, 7) is 7.76. The number of rotatable bonds is 10. The Morgan fingerprint density at radius 3 is 2.57 bits per heavy atom. The van der Waals surface area contributed by atoms with Crippen molar-refractivity contribution in [2.75, 3.05) is 11.9 Å². The van der Waals surface area contributed by atoms with E-state index in [0.29, 0.717) is 24.8 Å². The molecular weight excluding hydrogens is 465 g/mol. The molecular formula is C29H33ClFNO3. The highest BCUT2D eigenvalue weighted by Crippen LogP contribution is 2.44. The molecule has 2 unspecified atom stereocenters. The highest BCUT2D eigenvalue weighted by molar-refractivity contribution is 6.30. The van der Waals surface area contributed by atoms with E-state index in [-0.39, 0.29) is 18.0 Å². The Hall–Kier alpha value is -2.60. The number of benzene rings is 3. The summed E-state index contributed by atoms with van der Waals surface area (Å²) in [5, 5.41) is 4.07. The molecule has 0 saturated heterocycles. The van der Waals surface area contributed by atoms with Gasteiger partial charge < -0.3 is 19.5 Å². The fourth-order valence-electron chi connectivity index (χ4n) is 4.33. The van der Waals surface area contributed by atoms with Crippen molar-refractivity contribution in [1.29, 1.82) is 0 Å². The Bertz CT molecular complexity index is 1140. The summed E-state index contributed by atoms with van der Waals surface area (Å²) in [5.74, 6) is 0.546. The first-order chi connectivity index (χ1) is 16.9. The minimum atomic E-state index is -0.598. The molecule has 0 aliphatic carbocycles. The van der Waals surface area contributed by atoms with Gasteiger partial charge in [-0.05, 0) is 73.9 Å². The van der Waals surface area contributed by atoms with E-state index >= 15 is 0 Å². The fourth-order valence-corrected chi connectivity index (χ4v) is 4.54. The van der Waals surface area contributed by atoms with Crippen molar-refractivity contribution in [1.82, 2.24) is 0 Å². The van der Waals surface area contributed by atoms with Crippen LogP contribution in [0.3, 0.4) is 0 Å². The lowest BCUT2D eigenvalue weighted by Gasteiger charge is -2.44. The van der Waals surface area contributed by atoms with E-state index in [1.807, 2.05) is 56.3 Å². The third kappa shape index (κ3) is 6.54. The van der Waals surface area contributed by atoms with E-state index in [1.165, 1.54) is 12.1 Å². The van der Waals surface area contributed by atoms with Gasteiger partial charge in [0.05, 0.1) is 6.61 Å². The molecule has 0 fully saturated rings. The molecule has 1 aliphatic heterocycles. The van der Waals surface area contributed by atoms with E-state index in [2.05, 4.69) is 18.3 Å². The van der Waals surface area contributed by atoms with Crippen molar-refractivity contribution in [2.24, 2.45) is 0 Å². The summed E-state index contributed by atoms with van der Waals surface area (Å²) >= 11 is 6.17. The van der Waals surface area contributed by atoms with Gasteiger partial charge in [-0.2, -0.15) is 0 Å². The van der Waals surface area contributed by atoms with Crippen molar-refractivity contribution >= 4 is 17.3 Å². The zero-order valence-electron chi connectivity index (χ0n) is 20.5. The van der Waals surface area contributed by atoms with E-state index in [1.54, 1.807) is 6.07 Å². The Labute approximate surface area is 212 Å². The summed E-state index contributed by atoms with van der Waals surface area (Å²) in [7, 11) is 0. The molecule has 1 N–H and O–H groups in total. The number of anilines is 1. The second-order valence-electron chi connectivity index (χ2n) is 9.45. The van der Waals surface area contributed by atoms with Crippen LogP contribution < -0.4 is 10.1 Å². The SMILES string of the molecule is CCCCOC1c2cc(NCc3cccc(F)c3)ccc2OC(C)(C)C1OCc1cccc(Cl)c1. The van der Waals surface area contributed by atoms with Gasteiger partial charge in [0.15, 0.2) is 0 Å². The summed E-state index contributed by atoms with van der Waals surface area (Å²) < 4.78 is 32.9. The summed E-state index contributed by atoms with van der Waals surface area (Å²) in [4.78, 5) is 0. The van der Waals surface area contributed by atoms with Gasteiger partial charge in [-0.15, -0.1) is 0 Å². The number of ether oxygens (including phenoxy) is 3. The number of hydrogen-bond acceptors (Lipinski definition) is 4. The Balaban J connectivity index is 1.58. The van der Waals surface area contributed by atoms with E-state index < -0.39 is 5.60 Å². The van der Waals surface area contributed by atoms with Gasteiger partial charge in [0, 0.05) is 29.4 Å². The van der Waals surface area contributed by atoms with Gasteiger partial charge in [-0.1, -0.05) is 49.2 Å². The lowest BCUT2D eigenvalue weighted by molar-refractivity contribution is -0.167. The molecule has 1 aliphatic rings. The monoisotopic (exact) mass is 497 g/mol. The van der Waals surface area contributed by atoms with Crippen molar-refractivity contribution in [2.45, 2.75) is 64.6 Å². The predicted octanol–water partition coefficient (Wildman–Crippen LogP) is 7.71. The summed E-state index contributed by atoms with van der Waals surface area (Å²) in [6, 6.07) is 20.3. The highest BCUT2D eigenvalue weighted by atomic mass is 35.5. The van der Waals surface area contributed by atoms with Gasteiger partial charge >= 0.3 is 0 Å². The zero-order valence-corrected chi connectivity index (χ0v) is 21.3. The van der Waals surface area contributed by atoms with Crippen molar-refractivity contribution in [3.63, 3.8) is 0 Å². The average Bonchev–Trinajstić information content (AvgIpc) is 2.82. The van der Waals surface area contributed by atoms with E-state index in [4.69, 9.17) is 25.8 Å². The van der Waals surface area contributed by atoms with Crippen LogP contribution in [0.25, 0.3) is 0 Å². The highest BCUT2D eigenvalue weighted by Gasteiger charge is 2.45. The van der Waals surface area contributed by atoms with Crippen LogP contribution in [0.5, 0.6) is 5.75 Å². The van der Waals surface area contributed by atoms with Crippen LogP contribution in [0.4, 0.5) is 10.1 Å². The molecule has 0 radical (unpaired) electrons. The molecule has 3 aromatic carbocycles. The van der Waals surface area contributed by atoms with Crippen LogP contribution in [-0.2, 0) is 22.6 Å². The molecule has 186 valence electrons. The first-order valence-electron chi connectivity index (χ1n) is 12.1. The maximum atomic E-state index is 13.6. The Morgan fingerprint density at radius 1 is 1.00 bits per heavy atom. The zero-order chi connectivity index (χ0) is 24.8. The molecule has 1 heterocycles. The van der Waals surface area contributed by atoms with Gasteiger partial charge in [-0.3, -0.25) is 0 Å². The number of unbranched alkanes of at least 4 members (excludes halogenated alkanes) is 1. The molecule has 0 aromatic heterocycles. The fraction of sp³-hybridized carbons (Fsp3) is 0.379. The summed E-state index contributed by atoms with van der Waals surface area (Å²) in [5.41, 5.74) is 3.13. The standard InChI is InChI=1S/C29H33ClFNO3/c1-4-5-14-33-27-25-17-24(32-18-20-8-7-11-23(31)16-20)12-13-26(25)35-29(2,3)28(27)34-19-21-9-6-10-22(30)15-21/h6-13,15-17,27-28,32H,4-5,14,18-19H2,1-3H3. The van der Waals surface area contributed by atoms with Gasteiger partial charge in [0.25, 0.3) is 0 Å². The van der Waals surface area contributed by atoms with Crippen molar-refractivity contribution in [3.8, 4) is 5.75 Å². The lowest BCUT2D eigenvalue weighted by Crippen LogP contribution is -2.51. The minimum absolute atomic E-state index is 0.241. The van der Waals surface area contributed by atoms with Crippen LogP contribution in [0.15, 0.2) is 66.7 Å². The predicted molar refractivity (Wildman–Crippen MR) is 139 cm³/mol. The Kier molecular flexibility index (Phi) is 8.32. The third-order valence-corrected chi connectivity index (χ3v) is 6.38. The van der Waals surface area contributed by atoms with Gasteiger partial charge in [-0.25, -0.2) is 4.39 Å². The molecule has 2 atom stereocenters. The molecule has 0 spiro atoms. The molecule has 3 aromatic rings. The molecule has 0 amide bonds. The minimum Gasteiger partial charge on any atom is -0.485 e. The first kappa shape index (κ1) is 25.5. The maximum absolute atomic E-state index is 13.6. The quantitative estimate of drug-likeness (QED) is 0.291. The Morgan fingerprint density at radius 2 is 1.80 bits per heavy atom. The van der Waals surface area contributed by atoms with Crippen LogP contribution >= 0.6 is 11.6 Å². The van der Waals surface area contributed by atoms with Gasteiger partial charge in [0.2, 0.25) is 0 Å². The molecule has 4 rings (SSSR count). The molecule has 0 bridgehead atoms. The number of fused-ring (bicyclic) bond motifs is 1. The molecule has 0 saturated carbocycles. The second-order valence-corrected chi connectivity index (χ2v) is 9.88. The maximum Gasteiger partial charge on any atom is 0.132 e. The number of halogens is 2. The lowest BCUT2D eigenvalue weighted by atomic mass is 9.87. The van der Waals surface area contributed by atoms with Gasteiger partial charge in [0.1, 0.15) is 29.4 Å². The van der Waals surface area contributed by atoms with Crippen molar-refractivity contribution in [3.05, 3.63) is 94.3 Å². The summed E-state index contributed by atoms with van der Waals surface area (Å²) in [6.07, 6.45) is 1.38. The largest absolute Gasteiger partial charge is 0.485 e. The number of nitrogens with one attached hydrogen (secondary N) is 1. The van der Waals surface area contributed by atoms with Crippen LogP contribution in [-0.4, -0.2) is 18.3 Å². The normalized spacial score (nSPS) is 18.5. The van der Waals surface area contributed by atoms with Crippen molar-refractivity contribution < 1.29 is 18.6 Å². The van der Waals surface area contributed by atoms with Crippen LogP contribution in [0.2, 0.25) is 5.02 Å². The average molecular weight is 498 g/mol. The third-order valence-electron chi connectivity index (χ3n) is 6.15. The second kappa shape index (κ2) is 11.4. The molecule has 35 heavy (non-hydrogen) atoms. The van der Waals surface area contributed by atoms with E-state index in [0.717, 1.165) is 41.0 Å². The molecule has 6 heteroatoms. The van der Waals surface area contributed by atoms with Crippen LogP contribution in [0.1, 0.15) is 56.4 Å². The molecule has 4 nitrogen and oxygen atoms in total. The first-order valence-corrected chi connectivity index (χ1v) is 12.5. The smallest absolute Gasteiger partial charge is 0.132 e. The topological polar surface area (TPSA) is 39.7 Å². The van der Waals surface area contributed by atoms with Crippen LogP contribution in [0, 0.1) is 5.82 Å².